The molecule has 4 rings (SSSR count). The molecule has 2 aromatic carbocycles. The van der Waals surface area contributed by atoms with Crippen LogP contribution in [0.25, 0.3) is 17.1 Å². The maximum atomic E-state index is 12.8. The van der Waals surface area contributed by atoms with E-state index in [9.17, 15) is 4.79 Å². The van der Waals surface area contributed by atoms with Crippen molar-refractivity contribution in [3.63, 3.8) is 0 Å². The molecular weight excluding hydrogens is 374 g/mol. The first-order chi connectivity index (χ1) is 13.2. The normalized spacial score (nSPS) is 18.9. The zero-order chi connectivity index (χ0) is 18.6. The molecule has 7 heteroatoms. The standard InChI is InChI=1S/C21H23N5O.ClH/c1-15-14-22-13-12-18(15)23-21(27)19-24-20(16-8-4-2-5-9-16)26(25-19)17-10-6-3-7-11-17;/h2-11,15,18,22H,12-14H2,1H3,(H,23,27);1H. The molecule has 0 radical (unpaired) electrons. The second-order valence-corrected chi connectivity index (χ2v) is 6.92. The summed E-state index contributed by atoms with van der Waals surface area (Å²) in [7, 11) is 0. The molecule has 1 aliphatic heterocycles. The highest BCUT2D eigenvalue weighted by molar-refractivity contribution is 5.91. The number of piperidine rings is 1. The summed E-state index contributed by atoms with van der Waals surface area (Å²) >= 11 is 0. The monoisotopic (exact) mass is 397 g/mol. The van der Waals surface area contributed by atoms with Gasteiger partial charge in [-0.2, -0.15) is 0 Å². The molecule has 2 N–H and O–H groups in total. The number of carbonyl (C=O) groups is 1. The van der Waals surface area contributed by atoms with Crippen molar-refractivity contribution in [2.24, 2.45) is 5.92 Å². The smallest absolute Gasteiger partial charge is 0.291 e. The Labute approximate surface area is 170 Å². The Kier molecular flexibility index (Phi) is 6.44. The average molecular weight is 398 g/mol. The minimum Gasteiger partial charge on any atom is -0.346 e. The molecule has 0 spiro atoms. The zero-order valence-electron chi connectivity index (χ0n) is 15.7. The molecule has 6 nitrogen and oxygen atoms in total. The molecule has 1 fully saturated rings. The number of hydrogen-bond acceptors (Lipinski definition) is 4. The third kappa shape index (κ3) is 4.24. The molecule has 1 aliphatic rings. The summed E-state index contributed by atoms with van der Waals surface area (Å²) in [5.74, 6) is 1.02. The number of para-hydroxylation sites is 1. The fraction of sp³-hybridized carbons (Fsp3) is 0.286. The molecule has 0 aliphatic carbocycles. The van der Waals surface area contributed by atoms with Crippen LogP contribution in [-0.2, 0) is 0 Å². The highest BCUT2D eigenvalue weighted by atomic mass is 35.5. The van der Waals surface area contributed by atoms with E-state index < -0.39 is 0 Å². The van der Waals surface area contributed by atoms with Gasteiger partial charge in [-0.3, -0.25) is 4.79 Å². The average Bonchev–Trinajstić information content (AvgIpc) is 3.17. The number of amides is 1. The Bertz CT molecular complexity index is 856. The van der Waals surface area contributed by atoms with Crippen molar-refractivity contribution >= 4 is 18.3 Å². The summed E-state index contributed by atoms with van der Waals surface area (Å²) in [6.45, 7) is 3.96. The highest BCUT2D eigenvalue weighted by Crippen LogP contribution is 2.21. The predicted octanol–water partition coefficient (Wildman–Crippen LogP) is 3.08. The van der Waals surface area contributed by atoms with E-state index in [0.29, 0.717) is 11.7 Å². The number of halogens is 1. The van der Waals surface area contributed by atoms with E-state index in [4.69, 9.17) is 0 Å². The summed E-state index contributed by atoms with van der Waals surface area (Å²) in [4.78, 5) is 17.4. The van der Waals surface area contributed by atoms with Gasteiger partial charge in [0.25, 0.3) is 5.91 Å². The van der Waals surface area contributed by atoms with Crippen LogP contribution in [0.2, 0.25) is 0 Å². The third-order valence-electron chi connectivity index (χ3n) is 4.94. The Morgan fingerprint density at radius 2 is 1.79 bits per heavy atom. The fourth-order valence-corrected chi connectivity index (χ4v) is 3.39. The van der Waals surface area contributed by atoms with Crippen LogP contribution in [0, 0.1) is 5.92 Å². The van der Waals surface area contributed by atoms with Gasteiger partial charge in [0.2, 0.25) is 5.82 Å². The van der Waals surface area contributed by atoms with Gasteiger partial charge in [-0.05, 0) is 37.6 Å². The first kappa shape index (κ1) is 20.0. The Morgan fingerprint density at radius 1 is 1.11 bits per heavy atom. The SMILES string of the molecule is CC1CNCCC1NC(=O)c1nc(-c2ccccc2)n(-c2ccccc2)n1.Cl. The first-order valence-electron chi connectivity index (χ1n) is 9.32. The summed E-state index contributed by atoms with van der Waals surface area (Å²) < 4.78 is 1.73. The number of nitrogens with one attached hydrogen (secondary N) is 2. The maximum absolute atomic E-state index is 12.8. The van der Waals surface area contributed by atoms with Gasteiger partial charge in [-0.1, -0.05) is 55.5 Å². The van der Waals surface area contributed by atoms with Gasteiger partial charge in [0, 0.05) is 11.6 Å². The minimum atomic E-state index is -0.222. The maximum Gasteiger partial charge on any atom is 0.291 e. The van der Waals surface area contributed by atoms with Crippen molar-refractivity contribution in [3.8, 4) is 17.1 Å². The Morgan fingerprint density at radius 3 is 2.46 bits per heavy atom. The van der Waals surface area contributed by atoms with E-state index in [0.717, 1.165) is 30.8 Å². The van der Waals surface area contributed by atoms with Crippen molar-refractivity contribution in [1.29, 1.82) is 0 Å². The number of hydrogen-bond donors (Lipinski definition) is 2. The van der Waals surface area contributed by atoms with Crippen LogP contribution in [0.3, 0.4) is 0 Å². The molecule has 1 saturated heterocycles. The molecule has 0 saturated carbocycles. The predicted molar refractivity (Wildman–Crippen MR) is 112 cm³/mol. The molecule has 2 unspecified atom stereocenters. The van der Waals surface area contributed by atoms with Crippen molar-refractivity contribution < 1.29 is 4.79 Å². The first-order valence-corrected chi connectivity index (χ1v) is 9.32. The van der Waals surface area contributed by atoms with Crippen molar-refractivity contribution in [2.75, 3.05) is 13.1 Å². The number of benzene rings is 2. The molecule has 146 valence electrons. The van der Waals surface area contributed by atoms with E-state index in [2.05, 4.69) is 27.6 Å². The quantitative estimate of drug-likeness (QED) is 0.709. The van der Waals surface area contributed by atoms with Gasteiger partial charge in [0.15, 0.2) is 5.82 Å². The van der Waals surface area contributed by atoms with Crippen LogP contribution in [0.5, 0.6) is 0 Å². The second kappa shape index (κ2) is 8.99. The molecule has 3 aromatic rings. The lowest BCUT2D eigenvalue weighted by molar-refractivity contribution is 0.0903. The summed E-state index contributed by atoms with van der Waals surface area (Å²) in [5.41, 5.74) is 1.79. The van der Waals surface area contributed by atoms with Crippen LogP contribution >= 0.6 is 12.4 Å². The number of rotatable bonds is 4. The molecule has 0 bridgehead atoms. The lowest BCUT2D eigenvalue weighted by atomic mass is 9.95. The lowest BCUT2D eigenvalue weighted by Crippen LogP contribution is -2.48. The van der Waals surface area contributed by atoms with Gasteiger partial charge in [0.05, 0.1) is 5.69 Å². The van der Waals surface area contributed by atoms with Crippen molar-refractivity contribution in [3.05, 3.63) is 66.5 Å². The molecule has 2 atom stereocenters. The Hall–Kier alpha value is -2.70. The Balaban J connectivity index is 0.00000225. The number of carbonyl (C=O) groups excluding carboxylic acids is 1. The summed E-state index contributed by atoms with van der Waals surface area (Å²) in [5, 5.41) is 11.0. The van der Waals surface area contributed by atoms with E-state index in [1.54, 1.807) is 4.68 Å². The second-order valence-electron chi connectivity index (χ2n) is 6.92. The van der Waals surface area contributed by atoms with E-state index in [-0.39, 0.29) is 30.2 Å². The number of nitrogens with zero attached hydrogens (tertiary/aromatic N) is 3. The lowest BCUT2D eigenvalue weighted by Gasteiger charge is -2.29. The van der Waals surface area contributed by atoms with Crippen molar-refractivity contribution in [1.82, 2.24) is 25.4 Å². The van der Waals surface area contributed by atoms with Gasteiger partial charge in [0.1, 0.15) is 0 Å². The van der Waals surface area contributed by atoms with Crippen LogP contribution in [0.4, 0.5) is 0 Å². The summed E-state index contributed by atoms with van der Waals surface area (Å²) in [6, 6.07) is 19.7. The van der Waals surface area contributed by atoms with Crippen LogP contribution in [0.15, 0.2) is 60.7 Å². The topological polar surface area (TPSA) is 71.8 Å². The largest absolute Gasteiger partial charge is 0.346 e. The van der Waals surface area contributed by atoms with Crippen LogP contribution in [0.1, 0.15) is 24.0 Å². The minimum absolute atomic E-state index is 0. The fourth-order valence-electron chi connectivity index (χ4n) is 3.39. The van der Waals surface area contributed by atoms with Gasteiger partial charge in [-0.25, -0.2) is 9.67 Å². The van der Waals surface area contributed by atoms with Crippen LogP contribution < -0.4 is 10.6 Å². The third-order valence-corrected chi connectivity index (χ3v) is 4.94. The molecule has 28 heavy (non-hydrogen) atoms. The van der Waals surface area contributed by atoms with E-state index >= 15 is 0 Å². The zero-order valence-corrected chi connectivity index (χ0v) is 16.5. The molecule has 1 amide bonds. The van der Waals surface area contributed by atoms with Crippen LogP contribution in [-0.4, -0.2) is 39.8 Å². The van der Waals surface area contributed by atoms with Crippen molar-refractivity contribution in [2.45, 2.75) is 19.4 Å². The molecule has 2 heterocycles. The molecular formula is C21H24ClN5O. The summed E-state index contributed by atoms with van der Waals surface area (Å²) in [6.07, 6.45) is 0.915. The highest BCUT2D eigenvalue weighted by Gasteiger charge is 2.25. The van der Waals surface area contributed by atoms with Gasteiger partial charge < -0.3 is 10.6 Å². The van der Waals surface area contributed by atoms with E-state index in [1.807, 2.05) is 60.7 Å². The van der Waals surface area contributed by atoms with Gasteiger partial charge in [-0.15, -0.1) is 17.5 Å². The molecule has 1 aromatic heterocycles. The van der Waals surface area contributed by atoms with Gasteiger partial charge >= 0.3 is 0 Å². The number of aromatic nitrogens is 3. The van der Waals surface area contributed by atoms with E-state index in [1.165, 1.54) is 0 Å².